The van der Waals surface area contributed by atoms with Crippen molar-refractivity contribution < 1.29 is 9.53 Å². The average Bonchev–Trinajstić information content (AvgIpc) is 2.76. The Morgan fingerprint density at radius 1 is 1.28 bits per heavy atom. The Morgan fingerprint density at radius 3 is 2.59 bits per heavy atom. The summed E-state index contributed by atoms with van der Waals surface area (Å²) in [6.07, 6.45) is 1.62. The van der Waals surface area contributed by atoms with Gasteiger partial charge in [0.15, 0.2) is 0 Å². The van der Waals surface area contributed by atoms with Crippen LogP contribution in [0.2, 0.25) is 10.0 Å². The molecule has 0 aliphatic carbocycles. The molecule has 3 N–H and O–H groups in total. The summed E-state index contributed by atoms with van der Waals surface area (Å²) in [4.78, 5) is 33.8. The van der Waals surface area contributed by atoms with E-state index in [1.54, 1.807) is 35.0 Å². The van der Waals surface area contributed by atoms with E-state index >= 15 is 0 Å². The van der Waals surface area contributed by atoms with E-state index in [0.717, 1.165) is 0 Å². The van der Waals surface area contributed by atoms with E-state index in [-0.39, 0.29) is 18.1 Å². The maximum absolute atomic E-state index is 13.2. The van der Waals surface area contributed by atoms with Crippen molar-refractivity contribution in [2.75, 3.05) is 18.5 Å². The lowest BCUT2D eigenvalue weighted by Gasteiger charge is -2.15. The van der Waals surface area contributed by atoms with Gasteiger partial charge in [0.2, 0.25) is 5.95 Å². The van der Waals surface area contributed by atoms with Crippen molar-refractivity contribution in [2.24, 2.45) is 11.7 Å². The second kappa shape index (κ2) is 10.3. The number of nitrogens with zero attached hydrogens (tertiary/aromatic N) is 3. The number of pyridine rings is 1. The number of anilines is 1. The van der Waals surface area contributed by atoms with Crippen molar-refractivity contribution in [3.63, 3.8) is 0 Å². The maximum atomic E-state index is 13.2. The Kier molecular flexibility index (Phi) is 7.71. The molecule has 0 radical (unpaired) electrons. The van der Waals surface area contributed by atoms with Crippen LogP contribution in [-0.4, -0.2) is 39.7 Å². The summed E-state index contributed by atoms with van der Waals surface area (Å²) in [7, 11) is 0. The number of aromatic nitrogens is 3. The van der Waals surface area contributed by atoms with Gasteiger partial charge in [-0.15, -0.1) is 0 Å². The first-order valence-electron chi connectivity index (χ1n) is 10.3. The minimum absolute atomic E-state index is 0.00408. The lowest BCUT2D eigenvalue weighted by molar-refractivity contribution is -0.145. The highest BCUT2D eigenvalue weighted by atomic mass is 35.5. The number of hydrogen-bond acceptors (Lipinski definition) is 7. The highest BCUT2D eigenvalue weighted by Crippen LogP contribution is 2.33. The normalized spacial score (nSPS) is 12.2. The summed E-state index contributed by atoms with van der Waals surface area (Å²) in [5.41, 5.74) is 6.85. The van der Waals surface area contributed by atoms with Crippen LogP contribution in [0.1, 0.15) is 20.8 Å². The van der Waals surface area contributed by atoms with Gasteiger partial charge in [0, 0.05) is 23.7 Å². The predicted molar refractivity (Wildman–Crippen MR) is 127 cm³/mol. The Labute approximate surface area is 195 Å². The molecule has 32 heavy (non-hydrogen) atoms. The van der Waals surface area contributed by atoms with Crippen LogP contribution in [0.25, 0.3) is 22.2 Å². The number of halogens is 2. The Hall–Kier alpha value is -2.68. The van der Waals surface area contributed by atoms with Gasteiger partial charge < -0.3 is 15.8 Å². The van der Waals surface area contributed by atoms with E-state index in [0.29, 0.717) is 51.2 Å². The van der Waals surface area contributed by atoms with Crippen molar-refractivity contribution in [3.8, 4) is 11.1 Å². The lowest BCUT2D eigenvalue weighted by Crippen LogP contribution is -2.37. The molecular weight excluding hydrogens is 453 g/mol. The van der Waals surface area contributed by atoms with Crippen LogP contribution < -0.4 is 16.6 Å². The minimum atomic E-state index is -0.660. The number of ether oxygens (including phenoxy) is 1. The molecule has 170 valence electrons. The molecule has 0 aliphatic rings. The Morgan fingerprint density at radius 2 is 1.97 bits per heavy atom. The van der Waals surface area contributed by atoms with Gasteiger partial charge in [0.25, 0.3) is 5.56 Å². The number of carbonyl (C=O) groups excluding carboxylic acids is 1. The molecule has 0 unspecified atom stereocenters. The third-order valence-electron chi connectivity index (χ3n) is 5.00. The van der Waals surface area contributed by atoms with Crippen LogP contribution in [0.5, 0.6) is 0 Å². The van der Waals surface area contributed by atoms with Crippen molar-refractivity contribution in [1.29, 1.82) is 0 Å². The van der Waals surface area contributed by atoms with Gasteiger partial charge >= 0.3 is 5.97 Å². The number of benzene rings is 1. The summed E-state index contributed by atoms with van der Waals surface area (Å²) in [6, 6.07) is 6.13. The molecule has 0 saturated heterocycles. The largest absolute Gasteiger partial charge is 0.463 e. The summed E-state index contributed by atoms with van der Waals surface area (Å²) in [6.45, 7) is 6.37. The van der Waals surface area contributed by atoms with E-state index in [1.807, 2.05) is 20.8 Å². The van der Waals surface area contributed by atoms with Crippen LogP contribution in [0, 0.1) is 5.92 Å². The van der Waals surface area contributed by atoms with E-state index < -0.39 is 12.0 Å². The molecule has 2 heterocycles. The number of fused-ring (bicyclic) bond motifs is 1. The Bertz CT molecular complexity index is 1180. The van der Waals surface area contributed by atoms with Gasteiger partial charge in [-0.05, 0) is 31.0 Å². The summed E-state index contributed by atoms with van der Waals surface area (Å²) in [5.74, 6) is -0.144. The van der Waals surface area contributed by atoms with E-state index in [2.05, 4.69) is 15.3 Å². The molecule has 0 amide bonds. The number of hydrogen-bond donors (Lipinski definition) is 2. The number of nitrogens with two attached hydrogens (primary N) is 1. The van der Waals surface area contributed by atoms with E-state index in [1.165, 1.54) is 0 Å². The first-order valence-corrected chi connectivity index (χ1v) is 11.0. The molecule has 3 rings (SSSR count). The highest BCUT2D eigenvalue weighted by Gasteiger charge is 2.19. The number of carbonyl (C=O) groups is 1. The fourth-order valence-electron chi connectivity index (χ4n) is 3.15. The maximum Gasteiger partial charge on any atom is 0.323 e. The smallest absolute Gasteiger partial charge is 0.323 e. The zero-order valence-electron chi connectivity index (χ0n) is 18.1. The highest BCUT2D eigenvalue weighted by molar-refractivity contribution is 6.39. The van der Waals surface area contributed by atoms with Crippen molar-refractivity contribution in [3.05, 3.63) is 50.9 Å². The Balaban J connectivity index is 1.85. The monoisotopic (exact) mass is 477 g/mol. The molecule has 8 nitrogen and oxygen atoms in total. The predicted octanol–water partition coefficient (Wildman–Crippen LogP) is 3.72. The van der Waals surface area contributed by atoms with Crippen molar-refractivity contribution in [1.82, 2.24) is 14.5 Å². The number of nitrogens with one attached hydrogen (secondary N) is 1. The van der Waals surface area contributed by atoms with Crippen LogP contribution in [0.3, 0.4) is 0 Å². The average molecular weight is 478 g/mol. The van der Waals surface area contributed by atoms with Gasteiger partial charge in [-0.1, -0.05) is 43.1 Å². The molecule has 0 aliphatic heterocycles. The summed E-state index contributed by atoms with van der Waals surface area (Å²) >= 11 is 12.6. The third kappa shape index (κ3) is 5.03. The standard InChI is InChI=1S/C22H25Cl2N5O3/c1-4-29-19-13(10-14(20(29)30)17-15(23)6-5-7-16(17)24)11-27-22(28-19)26-8-9-32-21(31)18(25)12(2)3/h5-7,10-12,18H,4,8-9,25H2,1-3H3,(H,26,27,28)/t18-/m0/s1. The molecular formula is C22H25Cl2N5O3. The van der Waals surface area contributed by atoms with Gasteiger partial charge in [-0.2, -0.15) is 4.98 Å². The van der Waals surface area contributed by atoms with E-state index in [4.69, 9.17) is 33.7 Å². The lowest BCUT2D eigenvalue weighted by atomic mass is 10.1. The minimum Gasteiger partial charge on any atom is -0.463 e. The van der Waals surface area contributed by atoms with Crippen LogP contribution in [0.15, 0.2) is 35.3 Å². The number of aryl methyl sites for hydroxylation is 1. The quantitative estimate of drug-likeness (QED) is 0.375. The fourth-order valence-corrected chi connectivity index (χ4v) is 3.76. The second-order valence-corrected chi connectivity index (χ2v) is 8.36. The van der Waals surface area contributed by atoms with Gasteiger partial charge in [-0.3, -0.25) is 14.2 Å². The van der Waals surface area contributed by atoms with Crippen LogP contribution >= 0.6 is 23.2 Å². The third-order valence-corrected chi connectivity index (χ3v) is 5.63. The first-order chi connectivity index (χ1) is 15.2. The summed E-state index contributed by atoms with van der Waals surface area (Å²) in [5, 5.41) is 4.44. The first kappa shape index (κ1) is 24.0. The fraction of sp³-hybridized carbons (Fsp3) is 0.364. The van der Waals surface area contributed by atoms with Gasteiger partial charge in [0.05, 0.1) is 22.2 Å². The summed E-state index contributed by atoms with van der Waals surface area (Å²) < 4.78 is 6.70. The SMILES string of the molecule is CCn1c(=O)c(-c2c(Cl)cccc2Cl)cc2cnc(NCCOC(=O)[C@@H](N)C(C)C)nc21. The molecule has 10 heteroatoms. The molecule has 0 saturated carbocycles. The van der Waals surface area contributed by atoms with Crippen LogP contribution in [-0.2, 0) is 16.1 Å². The van der Waals surface area contributed by atoms with Gasteiger partial charge in [-0.25, -0.2) is 4.98 Å². The molecule has 1 atom stereocenters. The van der Waals surface area contributed by atoms with Crippen LogP contribution in [0.4, 0.5) is 5.95 Å². The van der Waals surface area contributed by atoms with Crippen molar-refractivity contribution >= 4 is 46.2 Å². The molecule has 0 fully saturated rings. The van der Waals surface area contributed by atoms with E-state index in [9.17, 15) is 9.59 Å². The zero-order chi connectivity index (χ0) is 23.4. The topological polar surface area (TPSA) is 112 Å². The second-order valence-electron chi connectivity index (χ2n) is 7.54. The molecule has 2 aromatic heterocycles. The number of rotatable bonds is 8. The molecule has 1 aromatic carbocycles. The zero-order valence-corrected chi connectivity index (χ0v) is 19.6. The van der Waals surface area contributed by atoms with Crippen molar-refractivity contribution in [2.45, 2.75) is 33.4 Å². The molecule has 0 spiro atoms. The number of esters is 1. The molecule has 0 bridgehead atoms. The molecule has 3 aromatic rings. The van der Waals surface area contributed by atoms with Gasteiger partial charge in [0.1, 0.15) is 18.3 Å².